The van der Waals surface area contributed by atoms with Gasteiger partial charge in [-0.2, -0.15) is 5.10 Å². The van der Waals surface area contributed by atoms with Crippen LogP contribution < -0.4 is 5.32 Å². The van der Waals surface area contributed by atoms with Crippen molar-refractivity contribution in [3.63, 3.8) is 0 Å². The number of rotatable bonds is 6. The van der Waals surface area contributed by atoms with E-state index in [0.717, 1.165) is 19.0 Å². The third kappa shape index (κ3) is 2.71. The highest BCUT2D eigenvalue weighted by Crippen LogP contribution is 2.40. The molecule has 96 valence electrons. The fourth-order valence-corrected chi connectivity index (χ4v) is 2.52. The molecule has 0 amide bonds. The Morgan fingerprint density at radius 3 is 2.71 bits per heavy atom. The van der Waals surface area contributed by atoms with Crippen molar-refractivity contribution < 1.29 is 0 Å². The molecule has 0 bridgehead atoms. The van der Waals surface area contributed by atoms with E-state index >= 15 is 0 Å². The SMILES string of the molecule is CCCNCc1c(C)nn(C(C)C2CC2)c1C. The van der Waals surface area contributed by atoms with Gasteiger partial charge < -0.3 is 5.32 Å². The summed E-state index contributed by atoms with van der Waals surface area (Å²) in [6.45, 7) is 10.9. The first-order valence-electron chi connectivity index (χ1n) is 6.90. The van der Waals surface area contributed by atoms with Gasteiger partial charge in [0.25, 0.3) is 0 Å². The van der Waals surface area contributed by atoms with Crippen molar-refractivity contribution in [2.45, 2.75) is 59.5 Å². The molecule has 3 heteroatoms. The number of nitrogens with one attached hydrogen (secondary N) is 1. The van der Waals surface area contributed by atoms with Gasteiger partial charge in [0.2, 0.25) is 0 Å². The minimum Gasteiger partial charge on any atom is -0.313 e. The zero-order chi connectivity index (χ0) is 12.4. The molecule has 1 fully saturated rings. The molecule has 1 aliphatic carbocycles. The van der Waals surface area contributed by atoms with Crippen LogP contribution in [0.5, 0.6) is 0 Å². The fraction of sp³-hybridized carbons (Fsp3) is 0.786. The third-order valence-corrected chi connectivity index (χ3v) is 3.89. The summed E-state index contributed by atoms with van der Waals surface area (Å²) in [6, 6.07) is 0.577. The Morgan fingerprint density at radius 1 is 1.41 bits per heavy atom. The molecule has 0 aliphatic heterocycles. The second-order valence-corrected chi connectivity index (χ2v) is 5.35. The molecular formula is C14H25N3. The number of hydrogen-bond donors (Lipinski definition) is 1. The lowest BCUT2D eigenvalue weighted by molar-refractivity contribution is 0.429. The van der Waals surface area contributed by atoms with Crippen LogP contribution >= 0.6 is 0 Å². The molecule has 1 unspecified atom stereocenters. The number of aromatic nitrogens is 2. The van der Waals surface area contributed by atoms with Crippen LogP contribution in [-0.2, 0) is 6.54 Å². The van der Waals surface area contributed by atoms with Crippen LogP contribution in [-0.4, -0.2) is 16.3 Å². The van der Waals surface area contributed by atoms with E-state index in [1.54, 1.807) is 0 Å². The molecule has 1 atom stereocenters. The third-order valence-electron chi connectivity index (χ3n) is 3.89. The van der Waals surface area contributed by atoms with E-state index in [0.29, 0.717) is 6.04 Å². The van der Waals surface area contributed by atoms with E-state index in [2.05, 4.69) is 37.7 Å². The summed E-state index contributed by atoms with van der Waals surface area (Å²) in [5.74, 6) is 0.865. The van der Waals surface area contributed by atoms with Gasteiger partial charge in [-0.25, -0.2) is 0 Å². The standard InChI is InChI=1S/C14H25N3/c1-5-8-15-9-14-10(2)16-17(12(14)4)11(3)13-6-7-13/h11,13,15H,5-9H2,1-4H3. The predicted molar refractivity (Wildman–Crippen MR) is 71.1 cm³/mol. The molecule has 17 heavy (non-hydrogen) atoms. The molecule has 1 aromatic heterocycles. The zero-order valence-corrected chi connectivity index (χ0v) is 11.6. The average molecular weight is 235 g/mol. The normalized spacial score (nSPS) is 17.4. The maximum absolute atomic E-state index is 4.73. The van der Waals surface area contributed by atoms with Crippen LogP contribution in [0.4, 0.5) is 0 Å². The van der Waals surface area contributed by atoms with Crippen LogP contribution in [0.1, 0.15) is 56.1 Å². The molecule has 1 heterocycles. The minimum atomic E-state index is 0.577. The quantitative estimate of drug-likeness (QED) is 0.768. The number of aryl methyl sites for hydroxylation is 1. The highest BCUT2D eigenvalue weighted by molar-refractivity contribution is 5.25. The van der Waals surface area contributed by atoms with Crippen LogP contribution in [0, 0.1) is 19.8 Å². The zero-order valence-electron chi connectivity index (χ0n) is 11.6. The van der Waals surface area contributed by atoms with Crippen molar-refractivity contribution in [2.75, 3.05) is 6.54 Å². The molecule has 2 rings (SSSR count). The van der Waals surface area contributed by atoms with Crippen molar-refractivity contribution in [3.05, 3.63) is 17.0 Å². The highest BCUT2D eigenvalue weighted by Gasteiger charge is 2.31. The topological polar surface area (TPSA) is 29.9 Å². The van der Waals surface area contributed by atoms with Gasteiger partial charge in [0.1, 0.15) is 0 Å². The Balaban J connectivity index is 2.10. The molecule has 3 nitrogen and oxygen atoms in total. The summed E-state index contributed by atoms with van der Waals surface area (Å²) in [6.07, 6.45) is 3.94. The van der Waals surface area contributed by atoms with Crippen LogP contribution in [0.3, 0.4) is 0 Å². The lowest BCUT2D eigenvalue weighted by Crippen LogP contribution is -2.15. The first-order valence-corrected chi connectivity index (χ1v) is 6.90. The Morgan fingerprint density at radius 2 is 2.12 bits per heavy atom. The van der Waals surface area contributed by atoms with Gasteiger partial charge in [0.05, 0.1) is 11.7 Å². The van der Waals surface area contributed by atoms with Crippen LogP contribution in [0.25, 0.3) is 0 Å². The van der Waals surface area contributed by atoms with E-state index in [4.69, 9.17) is 5.10 Å². The lowest BCUT2D eigenvalue weighted by Gasteiger charge is -2.13. The maximum Gasteiger partial charge on any atom is 0.0641 e. The number of nitrogens with zero attached hydrogens (tertiary/aromatic N) is 2. The second kappa shape index (κ2) is 5.21. The second-order valence-electron chi connectivity index (χ2n) is 5.35. The summed E-state index contributed by atoms with van der Waals surface area (Å²) < 4.78 is 2.25. The monoisotopic (exact) mass is 235 g/mol. The largest absolute Gasteiger partial charge is 0.313 e. The Kier molecular flexibility index (Phi) is 3.87. The number of hydrogen-bond acceptors (Lipinski definition) is 2. The Labute approximate surface area is 105 Å². The van der Waals surface area contributed by atoms with Crippen molar-refractivity contribution in [3.8, 4) is 0 Å². The molecule has 0 saturated heterocycles. The average Bonchev–Trinajstić information content (AvgIpc) is 3.10. The first-order chi connectivity index (χ1) is 8.15. The van der Waals surface area contributed by atoms with E-state index in [1.165, 1.54) is 36.2 Å². The molecule has 1 N–H and O–H groups in total. The summed E-state index contributed by atoms with van der Waals surface area (Å²) in [4.78, 5) is 0. The minimum absolute atomic E-state index is 0.577. The van der Waals surface area contributed by atoms with E-state index in [-0.39, 0.29) is 0 Å². The van der Waals surface area contributed by atoms with E-state index < -0.39 is 0 Å². The first kappa shape index (κ1) is 12.6. The summed E-state index contributed by atoms with van der Waals surface area (Å²) >= 11 is 0. The molecule has 0 aromatic carbocycles. The highest BCUT2D eigenvalue weighted by atomic mass is 15.3. The van der Waals surface area contributed by atoms with Crippen molar-refractivity contribution >= 4 is 0 Å². The van der Waals surface area contributed by atoms with E-state index in [1.807, 2.05) is 0 Å². The summed E-state index contributed by atoms with van der Waals surface area (Å²) in [5, 5.41) is 8.20. The predicted octanol–water partition coefficient (Wildman–Crippen LogP) is 2.97. The van der Waals surface area contributed by atoms with Gasteiger partial charge in [0.15, 0.2) is 0 Å². The fourth-order valence-electron chi connectivity index (χ4n) is 2.52. The van der Waals surface area contributed by atoms with E-state index in [9.17, 15) is 0 Å². The molecule has 1 aromatic rings. The molecular weight excluding hydrogens is 210 g/mol. The van der Waals surface area contributed by atoms with Crippen molar-refractivity contribution in [1.29, 1.82) is 0 Å². The smallest absolute Gasteiger partial charge is 0.0641 e. The lowest BCUT2D eigenvalue weighted by atomic mass is 10.1. The van der Waals surface area contributed by atoms with Gasteiger partial charge in [-0.05, 0) is 52.5 Å². The summed E-state index contributed by atoms with van der Waals surface area (Å²) in [5.41, 5.74) is 3.94. The molecule has 1 saturated carbocycles. The van der Waals surface area contributed by atoms with Crippen molar-refractivity contribution in [1.82, 2.24) is 15.1 Å². The Hall–Kier alpha value is -0.830. The van der Waals surface area contributed by atoms with Gasteiger partial charge >= 0.3 is 0 Å². The van der Waals surface area contributed by atoms with Gasteiger partial charge in [-0.1, -0.05) is 6.92 Å². The van der Waals surface area contributed by atoms with Gasteiger partial charge in [-0.15, -0.1) is 0 Å². The van der Waals surface area contributed by atoms with Gasteiger partial charge in [-0.3, -0.25) is 4.68 Å². The molecule has 1 aliphatic rings. The van der Waals surface area contributed by atoms with Crippen molar-refractivity contribution in [2.24, 2.45) is 5.92 Å². The molecule has 0 spiro atoms. The van der Waals surface area contributed by atoms with Gasteiger partial charge in [0, 0.05) is 17.8 Å². The summed E-state index contributed by atoms with van der Waals surface area (Å²) in [7, 11) is 0. The maximum atomic E-state index is 4.73. The molecule has 0 radical (unpaired) electrons. The van der Waals surface area contributed by atoms with Crippen LogP contribution in [0.2, 0.25) is 0 Å². The van der Waals surface area contributed by atoms with Crippen LogP contribution in [0.15, 0.2) is 0 Å². The Bertz CT molecular complexity index is 377.